The highest BCUT2D eigenvalue weighted by Crippen LogP contribution is 2.34. The molecule has 144 valence electrons. The highest BCUT2D eigenvalue weighted by molar-refractivity contribution is 5.99. The molecule has 0 saturated carbocycles. The first-order valence-corrected chi connectivity index (χ1v) is 9.19. The Bertz CT molecular complexity index is 951. The van der Waals surface area contributed by atoms with Crippen LogP contribution in [0.4, 0.5) is 11.8 Å². The van der Waals surface area contributed by atoms with Gasteiger partial charge < -0.3 is 16.0 Å². The third-order valence-electron chi connectivity index (χ3n) is 4.34. The van der Waals surface area contributed by atoms with Gasteiger partial charge in [-0.3, -0.25) is 0 Å². The van der Waals surface area contributed by atoms with Crippen molar-refractivity contribution in [3.8, 4) is 11.3 Å². The van der Waals surface area contributed by atoms with Crippen molar-refractivity contribution in [2.24, 2.45) is 0 Å². The molecule has 0 aliphatic carbocycles. The lowest BCUT2D eigenvalue weighted by atomic mass is 10.1. The van der Waals surface area contributed by atoms with E-state index < -0.39 is 0 Å². The van der Waals surface area contributed by atoms with Crippen LogP contribution in [-0.4, -0.2) is 51.8 Å². The van der Waals surface area contributed by atoms with Gasteiger partial charge in [-0.1, -0.05) is 23.8 Å². The van der Waals surface area contributed by atoms with Crippen LogP contribution in [0.1, 0.15) is 26.3 Å². The Hall–Kier alpha value is -2.67. The predicted octanol–water partition coefficient (Wildman–Crippen LogP) is 3.11. The number of aryl methyl sites for hydroxylation is 1. The maximum atomic E-state index is 6.48. The number of fused-ring (bicyclic) bond motifs is 1. The summed E-state index contributed by atoms with van der Waals surface area (Å²) in [6, 6.07) is 8.26. The number of nitrogens with one attached hydrogen (secondary N) is 1. The van der Waals surface area contributed by atoms with E-state index in [4.69, 9.17) is 10.7 Å². The number of hydrogen-bond donors (Lipinski definition) is 2. The molecule has 0 saturated heterocycles. The molecule has 1 aromatic carbocycles. The van der Waals surface area contributed by atoms with Crippen molar-refractivity contribution in [2.75, 3.05) is 38.2 Å². The normalized spacial score (nSPS) is 12.1. The summed E-state index contributed by atoms with van der Waals surface area (Å²) >= 11 is 0. The van der Waals surface area contributed by atoms with Crippen molar-refractivity contribution < 1.29 is 0 Å². The van der Waals surface area contributed by atoms with E-state index >= 15 is 0 Å². The molecule has 0 radical (unpaired) electrons. The molecule has 3 aromatic rings. The summed E-state index contributed by atoms with van der Waals surface area (Å²) in [7, 11) is 4.07. The van der Waals surface area contributed by atoms with Gasteiger partial charge in [-0.2, -0.15) is 4.98 Å². The fourth-order valence-corrected chi connectivity index (χ4v) is 2.99. The average molecular weight is 368 g/mol. The van der Waals surface area contributed by atoms with Crippen molar-refractivity contribution in [3.05, 3.63) is 29.8 Å². The van der Waals surface area contributed by atoms with Gasteiger partial charge >= 0.3 is 0 Å². The maximum absolute atomic E-state index is 6.48. The number of likely N-dealkylation sites (N-methyl/N-ethyl adjacent to an activating group) is 1. The summed E-state index contributed by atoms with van der Waals surface area (Å²) in [6.07, 6.45) is 0. The minimum atomic E-state index is -0.243. The summed E-state index contributed by atoms with van der Waals surface area (Å²) in [5.74, 6) is 1.16. The van der Waals surface area contributed by atoms with Gasteiger partial charge in [0, 0.05) is 18.7 Å². The first-order chi connectivity index (χ1) is 12.7. The molecule has 2 aromatic heterocycles. The monoisotopic (exact) mass is 367 g/mol. The molecule has 3 N–H and O–H groups in total. The number of nitrogens with two attached hydrogens (primary N) is 1. The lowest BCUT2D eigenvalue weighted by Crippen LogP contribution is -2.24. The highest BCUT2D eigenvalue weighted by atomic mass is 15.4. The van der Waals surface area contributed by atoms with Gasteiger partial charge in [0.25, 0.3) is 0 Å². The summed E-state index contributed by atoms with van der Waals surface area (Å²) in [5.41, 5.74) is 9.85. The predicted molar refractivity (Wildman–Crippen MR) is 112 cm³/mol. The molecule has 0 fully saturated rings. The number of aromatic nitrogens is 4. The van der Waals surface area contributed by atoms with E-state index in [-0.39, 0.29) is 5.54 Å². The van der Waals surface area contributed by atoms with Crippen molar-refractivity contribution in [1.82, 2.24) is 24.6 Å². The van der Waals surface area contributed by atoms with E-state index in [9.17, 15) is 0 Å². The summed E-state index contributed by atoms with van der Waals surface area (Å²) in [6.45, 7) is 9.93. The number of benzene rings is 1. The minimum absolute atomic E-state index is 0.243. The Balaban J connectivity index is 2.18. The number of nitrogen functional groups attached to an aromatic ring is 1. The first-order valence-electron chi connectivity index (χ1n) is 9.19. The van der Waals surface area contributed by atoms with Crippen molar-refractivity contribution >= 4 is 22.8 Å². The quantitative estimate of drug-likeness (QED) is 0.721. The third-order valence-corrected chi connectivity index (χ3v) is 4.34. The van der Waals surface area contributed by atoms with Crippen LogP contribution < -0.4 is 11.1 Å². The van der Waals surface area contributed by atoms with Crippen LogP contribution in [0.2, 0.25) is 0 Å². The molecular formula is C20H29N7. The summed E-state index contributed by atoms with van der Waals surface area (Å²) < 4.78 is 1.83. The van der Waals surface area contributed by atoms with E-state index in [1.54, 1.807) is 0 Å². The number of hydrogen-bond acceptors (Lipinski definition) is 6. The van der Waals surface area contributed by atoms with Gasteiger partial charge in [0.2, 0.25) is 5.95 Å². The Kier molecular flexibility index (Phi) is 5.06. The first kappa shape index (κ1) is 19.1. The molecule has 2 heterocycles. The number of nitrogens with zero attached hydrogens (tertiary/aromatic N) is 5. The van der Waals surface area contributed by atoms with Crippen LogP contribution >= 0.6 is 0 Å². The zero-order chi connectivity index (χ0) is 19.8. The molecule has 0 unspecified atom stereocenters. The molecule has 0 atom stereocenters. The summed E-state index contributed by atoms with van der Waals surface area (Å²) in [4.78, 5) is 11.5. The standard InChI is InChI=1S/C20H29N7/c1-13-8-7-9-14(12-13)16-15-17(21)27(20(2,3)4)25-18(15)24-19(23-16)22-10-11-26(5)6/h7-9,12H,10-11,21H2,1-6H3,(H,22,24,25). The van der Waals surface area contributed by atoms with Gasteiger partial charge in [0.1, 0.15) is 5.82 Å². The van der Waals surface area contributed by atoms with Crippen LogP contribution in [0.5, 0.6) is 0 Å². The highest BCUT2D eigenvalue weighted by Gasteiger charge is 2.24. The molecular weight excluding hydrogens is 338 g/mol. The average Bonchev–Trinajstić information content (AvgIpc) is 2.91. The van der Waals surface area contributed by atoms with Crippen LogP contribution in [0.3, 0.4) is 0 Å². The molecule has 7 nitrogen and oxygen atoms in total. The van der Waals surface area contributed by atoms with Crippen molar-refractivity contribution in [2.45, 2.75) is 33.2 Å². The van der Waals surface area contributed by atoms with Crippen LogP contribution in [0.25, 0.3) is 22.3 Å². The molecule has 0 amide bonds. The largest absolute Gasteiger partial charge is 0.383 e. The number of anilines is 2. The maximum Gasteiger partial charge on any atom is 0.225 e. The minimum Gasteiger partial charge on any atom is -0.383 e. The third kappa shape index (κ3) is 4.03. The SMILES string of the molecule is Cc1cccc(-c2nc(NCCN(C)C)nc3nn(C(C)(C)C)c(N)c23)c1. The van der Waals surface area contributed by atoms with Gasteiger partial charge in [-0.15, -0.1) is 5.10 Å². The fourth-order valence-electron chi connectivity index (χ4n) is 2.99. The van der Waals surface area contributed by atoms with Gasteiger partial charge in [-0.05, 0) is 47.9 Å². The zero-order valence-electron chi connectivity index (χ0n) is 17.0. The van der Waals surface area contributed by atoms with Crippen LogP contribution in [0, 0.1) is 6.92 Å². The second-order valence-corrected chi connectivity index (χ2v) is 8.16. The van der Waals surface area contributed by atoms with Crippen LogP contribution in [0.15, 0.2) is 24.3 Å². The van der Waals surface area contributed by atoms with E-state index in [1.807, 2.05) is 30.9 Å². The molecule has 0 aliphatic heterocycles. The van der Waals surface area contributed by atoms with E-state index in [0.29, 0.717) is 17.4 Å². The molecule has 0 spiro atoms. The lowest BCUT2D eigenvalue weighted by molar-refractivity contribution is 0.364. The second kappa shape index (κ2) is 7.15. The Labute approximate surface area is 160 Å². The molecule has 0 aliphatic rings. The van der Waals surface area contributed by atoms with Gasteiger partial charge in [0.15, 0.2) is 5.65 Å². The zero-order valence-corrected chi connectivity index (χ0v) is 17.0. The fraction of sp³-hybridized carbons (Fsp3) is 0.450. The number of rotatable bonds is 5. The van der Waals surface area contributed by atoms with E-state index in [0.717, 1.165) is 29.7 Å². The lowest BCUT2D eigenvalue weighted by Gasteiger charge is -2.20. The van der Waals surface area contributed by atoms with Crippen molar-refractivity contribution in [3.63, 3.8) is 0 Å². The molecule has 0 bridgehead atoms. The topological polar surface area (TPSA) is 84.9 Å². The van der Waals surface area contributed by atoms with Gasteiger partial charge in [-0.25, -0.2) is 9.67 Å². The van der Waals surface area contributed by atoms with Gasteiger partial charge in [0.05, 0.1) is 16.6 Å². The Morgan fingerprint density at radius 2 is 1.93 bits per heavy atom. The second-order valence-electron chi connectivity index (χ2n) is 8.16. The van der Waals surface area contributed by atoms with E-state index in [2.05, 4.69) is 60.1 Å². The Morgan fingerprint density at radius 3 is 2.56 bits per heavy atom. The Morgan fingerprint density at radius 1 is 1.19 bits per heavy atom. The smallest absolute Gasteiger partial charge is 0.225 e. The van der Waals surface area contributed by atoms with E-state index in [1.165, 1.54) is 5.56 Å². The van der Waals surface area contributed by atoms with Crippen LogP contribution in [-0.2, 0) is 5.54 Å². The molecule has 27 heavy (non-hydrogen) atoms. The van der Waals surface area contributed by atoms with Crippen molar-refractivity contribution in [1.29, 1.82) is 0 Å². The summed E-state index contributed by atoms with van der Waals surface area (Å²) in [5, 5.41) is 8.79. The molecule has 7 heteroatoms. The molecule has 3 rings (SSSR count).